The van der Waals surface area contributed by atoms with Crippen LogP contribution >= 0.6 is 0 Å². The minimum Gasteiger partial charge on any atom is -0.508 e. The maximum Gasteiger partial charge on any atom is 0.187 e. The van der Waals surface area contributed by atoms with Crippen LogP contribution in [0.1, 0.15) is 24.3 Å². The maximum absolute atomic E-state index is 10.1. The van der Waals surface area contributed by atoms with Crippen molar-refractivity contribution in [1.82, 2.24) is 0 Å². The summed E-state index contributed by atoms with van der Waals surface area (Å²) in [6.45, 7) is 1.98. The van der Waals surface area contributed by atoms with E-state index >= 15 is 0 Å². The Morgan fingerprint density at radius 2 is 1.75 bits per heavy atom. The number of ether oxygens (including phenoxy) is 5. The molecule has 0 spiro atoms. The van der Waals surface area contributed by atoms with Crippen LogP contribution in [0.3, 0.4) is 0 Å². The molecule has 0 radical (unpaired) electrons. The van der Waals surface area contributed by atoms with Gasteiger partial charge in [-0.15, -0.1) is 0 Å². The molecular formula is C18H22O6. The van der Waals surface area contributed by atoms with Crippen LogP contribution < -0.4 is 14.2 Å². The molecule has 2 atom stereocenters. The molecule has 24 heavy (non-hydrogen) atoms. The third-order valence-electron chi connectivity index (χ3n) is 4.33. The molecule has 1 aliphatic heterocycles. The molecule has 6 heteroatoms. The van der Waals surface area contributed by atoms with E-state index in [0.717, 1.165) is 16.5 Å². The van der Waals surface area contributed by atoms with Gasteiger partial charge in [0.2, 0.25) is 0 Å². The molecule has 1 heterocycles. The number of methoxy groups -OCH3 is 4. The summed E-state index contributed by atoms with van der Waals surface area (Å²) in [7, 11) is 6.35. The Morgan fingerprint density at radius 3 is 2.33 bits per heavy atom. The van der Waals surface area contributed by atoms with E-state index in [0.29, 0.717) is 29.1 Å². The van der Waals surface area contributed by atoms with Crippen molar-refractivity contribution in [3.63, 3.8) is 0 Å². The van der Waals surface area contributed by atoms with E-state index < -0.39 is 6.29 Å². The van der Waals surface area contributed by atoms with Crippen molar-refractivity contribution < 1.29 is 28.8 Å². The van der Waals surface area contributed by atoms with Gasteiger partial charge < -0.3 is 28.8 Å². The highest BCUT2D eigenvalue weighted by atomic mass is 16.7. The third-order valence-corrected chi connectivity index (χ3v) is 4.33. The number of hydrogen-bond acceptors (Lipinski definition) is 6. The fourth-order valence-corrected chi connectivity index (χ4v) is 3.42. The van der Waals surface area contributed by atoms with Crippen molar-refractivity contribution in [2.45, 2.75) is 25.7 Å². The Bertz CT molecular complexity index is 770. The van der Waals surface area contributed by atoms with Crippen LogP contribution in [0.2, 0.25) is 0 Å². The molecule has 0 unspecified atom stereocenters. The summed E-state index contributed by atoms with van der Waals surface area (Å²) in [4.78, 5) is 0. The van der Waals surface area contributed by atoms with Crippen LogP contribution in [-0.4, -0.2) is 39.6 Å². The van der Waals surface area contributed by atoms with Crippen molar-refractivity contribution in [2.24, 2.45) is 0 Å². The van der Waals surface area contributed by atoms with Gasteiger partial charge in [0.25, 0.3) is 0 Å². The molecule has 0 saturated carbocycles. The lowest BCUT2D eigenvalue weighted by atomic mass is 9.91. The number of rotatable bonds is 4. The molecule has 0 bridgehead atoms. The predicted octanol–water partition coefficient (Wildman–Crippen LogP) is 3.18. The molecule has 2 aromatic carbocycles. The molecule has 1 N–H and O–H groups in total. The molecule has 130 valence electrons. The van der Waals surface area contributed by atoms with Gasteiger partial charge in [-0.1, -0.05) is 0 Å². The SMILES string of the molecule is COc1c2c(c(OC)c3c(OC)cc(O)cc13)[C@H](OC)O[C@@H](C)C2. The standard InChI is InChI=1S/C18H22O6/c1-9-6-11-15(18(23-5)24-9)17(22-4)14-12(16(11)21-3)7-10(19)8-13(14)20-2/h7-9,18-19H,6H2,1-5H3/t9-,18+/m0/s1. The topological polar surface area (TPSA) is 66.4 Å². The summed E-state index contributed by atoms with van der Waals surface area (Å²) in [6.07, 6.45) is 0.0658. The Hall–Kier alpha value is -2.18. The first kappa shape index (κ1) is 16.7. The van der Waals surface area contributed by atoms with E-state index in [-0.39, 0.29) is 11.9 Å². The Balaban J connectivity index is 2.49. The van der Waals surface area contributed by atoms with E-state index in [4.69, 9.17) is 23.7 Å². The molecule has 1 aliphatic rings. The highest BCUT2D eigenvalue weighted by Gasteiger charge is 2.34. The number of fused-ring (bicyclic) bond motifs is 2. The van der Waals surface area contributed by atoms with Crippen molar-refractivity contribution >= 4 is 10.8 Å². The summed E-state index contributed by atoms with van der Waals surface area (Å²) < 4.78 is 28.3. The zero-order valence-corrected chi connectivity index (χ0v) is 14.5. The minimum atomic E-state index is -0.560. The summed E-state index contributed by atoms with van der Waals surface area (Å²) >= 11 is 0. The number of aromatic hydroxyl groups is 1. The van der Waals surface area contributed by atoms with Crippen LogP contribution in [0.5, 0.6) is 23.0 Å². The molecule has 0 amide bonds. The second kappa shape index (κ2) is 6.37. The Morgan fingerprint density at radius 1 is 1.04 bits per heavy atom. The normalized spacial score (nSPS) is 19.9. The van der Waals surface area contributed by atoms with Gasteiger partial charge in [-0.3, -0.25) is 0 Å². The van der Waals surface area contributed by atoms with Gasteiger partial charge in [-0.2, -0.15) is 0 Å². The van der Waals surface area contributed by atoms with Crippen molar-refractivity contribution in [2.75, 3.05) is 28.4 Å². The van der Waals surface area contributed by atoms with Gasteiger partial charge in [0.1, 0.15) is 23.0 Å². The first-order valence-corrected chi connectivity index (χ1v) is 7.71. The molecule has 0 fully saturated rings. The lowest BCUT2D eigenvalue weighted by Gasteiger charge is -2.33. The van der Waals surface area contributed by atoms with Gasteiger partial charge in [-0.25, -0.2) is 0 Å². The highest BCUT2D eigenvalue weighted by molar-refractivity contribution is 6.01. The largest absolute Gasteiger partial charge is 0.508 e. The highest BCUT2D eigenvalue weighted by Crippen LogP contribution is 2.51. The first-order valence-electron chi connectivity index (χ1n) is 7.71. The number of benzene rings is 2. The average Bonchev–Trinajstić information content (AvgIpc) is 2.58. The van der Waals surface area contributed by atoms with Gasteiger partial charge in [0, 0.05) is 30.5 Å². The molecule has 2 aromatic rings. The third kappa shape index (κ3) is 2.42. The van der Waals surface area contributed by atoms with Gasteiger partial charge in [-0.05, 0) is 13.0 Å². The Kier molecular flexibility index (Phi) is 4.43. The molecule has 6 nitrogen and oxygen atoms in total. The monoisotopic (exact) mass is 334 g/mol. The van der Waals surface area contributed by atoms with Crippen LogP contribution in [0, 0.1) is 0 Å². The van der Waals surface area contributed by atoms with Crippen LogP contribution in [0.25, 0.3) is 10.8 Å². The second-order valence-corrected chi connectivity index (χ2v) is 5.75. The van der Waals surface area contributed by atoms with Gasteiger partial charge in [0.15, 0.2) is 6.29 Å². The fraction of sp³-hybridized carbons (Fsp3) is 0.444. The lowest BCUT2D eigenvalue weighted by molar-refractivity contribution is -0.164. The second-order valence-electron chi connectivity index (χ2n) is 5.75. The van der Waals surface area contributed by atoms with Crippen LogP contribution in [0.15, 0.2) is 12.1 Å². The summed E-state index contributed by atoms with van der Waals surface area (Å²) in [5.41, 5.74) is 1.76. The smallest absolute Gasteiger partial charge is 0.187 e. The zero-order valence-electron chi connectivity index (χ0n) is 14.5. The first-order chi connectivity index (χ1) is 11.5. The van der Waals surface area contributed by atoms with Gasteiger partial charge in [0.05, 0.1) is 38.4 Å². The van der Waals surface area contributed by atoms with E-state index in [1.807, 2.05) is 6.92 Å². The molecule has 0 aliphatic carbocycles. The average molecular weight is 334 g/mol. The molecule has 0 aromatic heterocycles. The van der Waals surface area contributed by atoms with Crippen molar-refractivity contribution in [1.29, 1.82) is 0 Å². The Labute approximate surface area is 140 Å². The van der Waals surface area contributed by atoms with Crippen LogP contribution in [-0.2, 0) is 15.9 Å². The number of phenols is 1. The lowest BCUT2D eigenvalue weighted by Crippen LogP contribution is -2.26. The maximum atomic E-state index is 10.1. The van der Waals surface area contributed by atoms with Crippen molar-refractivity contribution in [3.05, 3.63) is 23.3 Å². The van der Waals surface area contributed by atoms with E-state index in [9.17, 15) is 5.11 Å². The van der Waals surface area contributed by atoms with Crippen molar-refractivity contribution in [3.8, 4) is 23.0 Å². The van der Waals surface area contributed by atoms with E-state index in [1.54, 1.807) is 40.6 Å². The fourth-order valence-electron chi connectivity index (χ4n) is 3.42. The predicted molar refractivity (Wildman–Crippen MR) is 89.3 cm³/mol. The summed E-state index contributed by atoms with van der Waals surface area (Å²) in [5.74, 6) is 1.88. The summed E-state index contributed by atoms with van der Waals surface area (Å²) in [6, 6.07) is 3.20. The molecule has 3 rings (SSSR count). The summed E-state index contributed by atoms with van der Waals surface area (Å²) in [5, 5.41) is 11.5. The number of hydrogen-bond donors (Lipinski definition) is 1. The zero-order chi connectivity index (χ0) is 17.4. The molecule has 0 saturated heterocycles. The quantitative estimate of drug-likeness (QED) is 0.926. The van der Waals surface area contributed by atoms with E-state index in [2.05, 4.69) is 0 Å². The molecular weight excluding hydrogens is 312 g/mol. The van der Waals surface area contributed by atoms with Gasteiger partial charge >= 0.3 is 0 Å². The van der Waals surface area contributed by atoms with E-state index in [1.165, 1.54) is 0 Å². The van der Waals surface area contributed by atoms with Crippen LogP contribution in [0.4, 0.5) is 0 Å². The number of phenolic OH excluding ortho intramolecular Hbond substituents is 1. The minimum absolute atomic E-state index is 0.0299.